The normalized spacial score (nSPS) is 11.4. The lowest BCUT2D eigenvalue weighted by atomic mass is 10.1. The van der Waals surface area contributed by atoms with Crippen molar-refractivity contribution in [3.63, 3.8) is 0 Å². The molecule has 1 atom stereocenters. The summed E-state index contributed by atoms with van der Waals surface area (Å²) in [6, 6.07) is 11.7. The number of nitro benzene ring substituents is 1. The van der Waals surface area contributed by atoms with Crippen molar-refractivity contribution in [2.24, 2.45) is 0 Å². The number of nitro groups is 1. The molecule has 25 heavy (non-hydrogen) atoms. The zero-order valence-corrected chi connectivity index (χ0v) is 14.0. The lowest BCUT2D eigenvalue weighted by Gasteiger charge is -2.15. The molecule has 0 unspecified atom stereocenters. The molecule has 0 fully saturated rings. The van der Waals surface area contributed by atoms with Gasteiger partial charge in [-0.3, -0.25) is 14.9 Å². The van der Waals surface area contributed by atoms with Gasteiger partial charge in [0.15, 0.2) is 6.61 Å². The SMILES string of the molecule is C[C@@H](NC(=O)COC(=O)c1ccc([N+](=O)[O-])cc1)c1ccccc1Cl. The standard InChI is InChI=1S/C17H15ClN2O5/c1-11(14-4-2-3-5-15(14)18)19-16(21)10-25-17(22)12-6-8-13(9-7-12)20(23)24/h2-9,11H,10H2,1H3,(H,19,21)/t11-/m1/s1. The second-order valence-electron chi connectivity index (χ2n) is 5.19. The number of esters is 1. The van der Waals surface area contributed by atoms with Crippen LogP contribution in [-0.2, 0) is 9.53 Å². The van der Waals surface area contributed by atoms with Crippen LogP contribution in [0.25, 0.3) is 0 Å². The molecule has 2 aromatic rings. The fourth-order valence-corrected chi connectivity index (χ4v) is 2.42. The number of rotatable bonds is 6. The Morgan fingerprint density at radius 2 is 1.84 bits per heavy atom. The van der Waals surface area contributed by atoms with E-state index in [2.05, 4.69) is 5.32 Å². The number of hydrogen-bond donors (Lipinski definition) is 1. The van der Waals surface area contributed by atoms with Crippen LogP contribution in [0.3, 0.4) is 0 Å². The Hall–Kier alpha value is -2.93. The van der Waals surface area contributed by atoms with Crippen molar-refractivity contribution < 1.29 is 19.2 Å². The van der Waals surface area contributed by atoms with E-state index in [0.29, 0.717) is 5.02 Å². The number of ether oxygens (including phenoxy) is 1. The molecule has 2 aromatic carbocycles. The van der Waals surface area contributed by atoms with E-state index in [1.165, 1.54) is 24.3 Å². The molecule has 130 valence electrons. The summed E-state index contributed by atoms with van der Waals surface area (Å²) in [5, 5.41) is 13.8. The number of carbonyl (C=O) groups excluding carboxylic acids is 2. The highest BCUT2D eigenvalue weighted by Crippen LogP contribution is 2.22. The second kappa shape index (κ2) is 8.25. The smallest absolute Gasteiger partial charge is 0.338 e. The Bertz CT molecular complexity index is 792. The molecule has 2 rings (SSSR count). The van der Waals surface area contributed by atoms with E-state index in [-0.39, 0.29) is 17.3 Å². The molecule has 0 radical (unpaired) electrons. The summed E-state index contributed by atoms with van der Waals surface area (Å²) >= 11 is 6.06. The highest BCUT2D eigenvalue weighted by molar-refractivity contribution is 6.31. The van der Waals surface area contributed by atoms with Crippen LogP contribution in [0.15, 0.2) is 48.5 Å². The van der Waals surface area contributed by atoms with Crippen molar-refractivity contribution in [1.82, 2.24) is 5.32 Å². The van der Waals surface area contributed by atoms with Crippen molar-refractivity contribution in [2.45, 2.75) is 13.0 Å². The molecular formula is C17H15ClN2O5. The van der Waals surface area contributed by atoms with E-state index in [1.807, 2.05) is 0 Å². The number of nitrogens with one attached hydrogen (secondary N) is 1. The zero-order valence-electron chi connectivity index (χ0n) is 13.3. The molecule has 0 bridgehead atoms. The van der Waals surface area contributed by atoms with Crippen molar-refractivity contribution >= 4 is 29.2 Å². The minimum absolute atomic E-state index is 0.123. The van der Waals surface area contributed by atoms with Gasteiger partial charge in [-0.1, -0.05) is 29.8 Å². The quantitative estimate of drug-likeness (QED) is 0.483. The van der Waals surface area contributed by atoms with Gasteiger partial charge in [0.05, 0.1) is 16.5 Å². The van der Waals surface area contributed by atoms with Gasteiger partial charge in [0, 0.05) is 17.2 Å². The summed E-state index contributed by atoms with van der Waals surface area (Å²) < 4.78 is 4.90. The second-order valence-corrected chi connectivity index (χ2v) is 5.60. The van der Waals surface area contributed by atoms with Crippen LogP contribution < -0.4 is 5.32 Å². The number of nitrogens with zero attached hydrogens (tertiary/aromatic N) is 1. The summed E-state index contributed by atoms with van der Waals surface area (Å²) in [4.78, 5) is 33.7. The fraction of sp³-hybridized carbons (Fsp3) is 0.176. The monoisotopic (exact) mass is 362 g/mol. The van der Waals surface area contributed by atoms with Gasteiger partial charge >= 0.3 is 5.97 Å². The van der Waals surface area contributed by atoms with Crippen LogP contribution >= 0.6 is 11.6 Å². The fourth-order valence-electron chi connectivity index (χ4n) is 2.12. The van der Waals surface area contributed by atoms with Gasteiger partial charge in [-0.15, -0.1) is 0 Å². The first kappa shape index (κ1) is 18.4. The number of non-ortho nitro benzene ring substituents is 1. The van der Waals surface area contributed by atoms with Gasteiger partial charge in [-0.2, -0.15) is 0 Å². The molecule has 0 aliphatic heterocycles. The van der Waals surface area contributed by atoms with Crippen molar-refractivity contribution in [2.75, 3.05) is 6.61 Å². The van der Waals surface area contributed by atoms with E-state index >= 15 is 0 Å². The van der Waals surface area contributed by atoms with Crippen molar-refractivity contribution in [3.8, 4) is 0 Å². The van der Waals surface area contributed by atoms with Crippen molar-refractivity contribution in [3.05, 3.63) is 74.8 Å². The molecule has 0 saturated carbocycles. The number of hydrogen-bond acceptors (Lipinski definition) is 5. The molecule has 0 heterocycles. The summed E-state index contributed by atoms with van der Waals surface area (Å²) in [5.74, 6) is -1.22. The minimum Gasteiger partial charge on any atom is -0.452 e. The van der Waals surface area contributed by atoms with E-state index in [4.69, 9.17) is 16.3 Å². The molecule has 0 aromatic heterocycles. The Kier molecular flexibility index (Phi) is 6.08. The maximum absolute atomic E-state index is 11.9. The minimum atomic E-state index is -0.740. The third-order valence-corrected chi connectivity index (χ3v) is 3.74. The number of amides is 1. The van der Waals surface area contributed by atoms with Gasteiger partial charge in [-0.25, -0.2) is 4.79 Å². The summed E-state index contributed by atoms with van der Waals surface area (Å²) in [6.07, 6.45) is 0. The van der Waals surface area contributed by atoms with E-state index in [9.17, 15) is 19.7 Å². The van der Waals surface area contributed by atoms with Gasteiger partial charge in [0.2, 0.25) is 0 Å². The summed E-state index contributed by atoms with van der Waals surface area (Å²) in [7, 11) is 0. The largest absolute Gasteiger partial charge is 0.452 e. The molecule has 1 N–H and O–H groups in total. The molecule has 0 saturated heterocycles. The predicted molar refractivity (Wildman–Crippen MR) is 91.4 cm³/mol. The molecule has 8 heteroatoms. The van der Waals surface area contributed by atoms with Gasteiger partial charge < -0.3 is 10.1 Å². The first-order chi connectivity index (χ1) is 11.9. The molecule has 0 aliphatic carbocycles. The van der Waals surface area contributed by atoms with Crippen LogP contribution in [0.5, 0.6) is 0 Å². The Morgan fingerprint density at radius 3 is 2.44 bits per heavy atom. The van der Waals surface area contributed by atoms with Crippen LogP contribution in [-0.4, -0.2) is 23.4 Å². The Morgan fingerprint density at radius 1 is 1.20 bits per heavy atom. The van der Waals surface area contributed by atoms with Crippen molar-refractivity contribution in [1.29, 1.82) is 0 Å². The summed E-state index contributed by atoms with van der Waals surface area (Å²) in [6.45, 7) is 1.29. The zero-order chi connectivity index (χ0) is 18.4. The third kappa shape index (κ3) is 5.02. The molecule has 0 spiro atoms. The van der Waals surface area contributed by atoms with Gasteiger partial charge in [0.25, 0.3) is 11.6 Å². The maximum Gasteiger partial charge on any atom is 0.338 e. The van der Waals surface area contributed by atoms with Crippen LogP contribution in [0, 0.1) is 10.1 Å². The number of benzene rings is 2. The molecular weight excluding hydrogens is 348 g/mol. The highest BCUT2D eigenvalue weighted by Gasteiger charge is 2.15. The van der Waals surface area contributed by atoms with Crippen LogP contribution in [0.4, 0.5) is 5.69 Å². The van der Waals surface area contributed by atoms with Crippen LogP contribution in [0.2, 0.25) is 5.02 Å². The first-order valence-electron chi connectivity index (χ1n) is 7.34. The Balaban J connectivity index is 1.88. The molecule has 1 amide bonds. The van der Waals surface area contributed by atoms with E-state index in [0.717, 1.165) is 5.56 Å². The number of carbonyl (C=O) groups is 2. The van der Waals surface area contributed by atoms with E-state index in [1.54, 1.807) is 31.2 Å². The third-order valence-electron chi connectivity index (χ3n) is 3.40. The van der Waals surface area contributed by atoms with Crippen LogP contribution in [0.1, 0.15) is 28.9 Å². The Labute approximate surface area is 148 Å². The average Bonchev–Trinajstić information content (AvgIpc) is 2.60. The average molecular weight is 363 g/mol. The predicted octanol–water partition coefficient (Wildman–Crippen LogP) is 3.28. The maximum atomic E-state index is 11.9. The lowest BCUT2D eigenvalue weighted by Crippen LogP contribution is -2.31. The number of halogens is 1. The highest BCUT2D eigenvalue weighted by atomic mass is 35.5. The topological polar surface area (TPSA) is 98.5 Å². The van der Waals surface area contributed by atoms with Gasteiger partial charge in [0.1, 0.15) is 0 Å². The van der Waals surface area contributed by atoms with Gasteiger partial charge in [-0.05, 0) is 30.7 Å². The lowest BCUT2D eigenvalue weighted by molar-refractivity contribution is -0.384. The van der Waals surface area contributed by atoms with E-state index < -0.39 is 23.4 Å². The first-order valence-corrected chi connectivity index (χ1v) is 7.71. The molecule has 7 nitrogen and oxygen atoms in total. The summed E-state index contributed by atoms with van der Waals surface area (Å²) in [5.41, 5.74) is 0.736. The molecule has 0 aliphatic rings.